The van der Waals surface area contributed by atoms with Crippen LogP contribution in [0.15, 0.2) is 0 Å². The SMILES string of the molecule is CC1(C)CCC(CC(F)(F)C(=O)O)CC1. The van der Waals surface area contributed by atoms with E-state index in [-0.39, 0.29) is 11.3 Å². The van der Waals surface area contributed by atoms with Crippen LogP contribution in [0.2, 0.25) is 0 Å². The minimum absolute atomic E-state index is 0.135. The molecule has 0 aromatic carbocycles. The number of aliphatic carboxylic acids is 1. The average Bonchev–Trinajstić information content (AvgIpc) is 2.08. The fourth-order valence-corrected chi connectivity index (χ4v) is 2.11. The molecule has 0 unspecified atom stereocenters. The van der Waals surface area contributed by atoms with Crippen LogP contribution in [0.4, 0.5) is 8.78 Å². The summed E-state index contributed by atoms with van der Waals surface area (Å²) < 4.78 is 25.8. The van der Waals surface area contributed by atoms with E-state index in [9.17, 15) is 13.6 Å². The lowest BCUT2D eigenvalue weighted by Gasteiger charge is -2.35. The number of carboxylic acids is 1. The van der Waals surface area contributed by atoms with Crippen molar-refractivity contribution in [3.05, 3.63) is 0 Å². The molecule has 15 heavy (non-hydrogen) atoms. The first-order valence-electron chi connectivity index (χ1n) is 5.34. The Hall–Kier alpha value is -0.670. The lowest BCUT2D eigenvalue weighted by atomic mass is 9.72. The van der Waals surface area contributed by atoms with Crippen LogP contribution >= 0.6 is 0 Å². The second-order valence-corrected chi connectivity index (χ2v) is 5.32. The van der Waals surface area contributed by atoms with Crippen molar-refractivity contribution < 1.29 is 18.7 Å². The van der Waals surface area contributed by atoms with E-state index in [0.29, 0.717) is 0 Å². The third kappa shape index (κ3) is 3.43. The summed E-state index contributed by atoms with van der Waals surface area (Å²) in [5.74, 6) is -5.68. The van der Waals surface area contributed by atoms with E-state index in [0.717, 1.165) is 25.7 Å². The van der Waals surface area contributed by atoms with E-state index < -0.39 is 18.3 Å². The maximum atomic E-state index is 12.9. The second-order valence-electron chi connectivity index (χ2n) is 5.32. The van der Waals surface area contributed by atoms with Gasteiger partial charge in [0.25, 0.3) is 0 Å². The van der Waals surface area contributed by atoms with Crippen LogP contribution in [0.1, 0.15) is 46.0 Å². The van der Waals surface area contributed by atoms with Crippen molar-refractivity contribution >= 4 is 5.97 Å². The van der Waals surface area contributed by atoms with Crippen LogP contribution in [0, 0.1) is 11.3 Å². The van der Waals surface area contributed by atoms with Gasteiger partial charge in [-0.25, -0.2) is 4.79 Å². The summed E-state index contributed by atoms with van der Waals surface area (Å²) in [6.07, 6.45) is 2.75. The lowest BCUT2D eigenvalue weighted by Crippen LogP contribution is -2.33. The summed E-state index contributed by atoms with van der Waals surface area (Å²) in [7, 11) is 0. The fraction of sp³-hybridized carbons (Fsp3) is 0.909. The van der Waals surface area contributed by atoms with Gasteiger partial charge in [0, 0.05) is 6.42 Å². The highest BCUT2D eigenvalue weighted by Gasteiger charge is 2.42. The lowest BCUT2D eigenvalue weighted by molar-refractivity contribution is -0.167. The molecule has 0 aliphatic heterocycles. The Bertz CT molecular complexity index is 239. The zero-order chi connectivity index (χ0) is 11.7. The molecule has 1 aliphatic carbocycles. The first kappa shape index (κ1) is 12.4. The number of carboxylic acid groups (broad SMARTS) is 1. The predicted molar refractivity (Wildman–Crippen MR) is 52.9 cm³/mol. The first-order valence-corrected chi connectivity index (χ1v) is 5.34. The number of carbonyl (C=O) groups is 1. The van der Waals surface area contributed by atoms with Crippen molar-refractivity contribution in [2.75, 3.05) is 0 Å². The molecule has 1 aliphatic rings. The monoisotopic (exact) mass is 220 g/mol. The van der Waals surface area contributed by atoms with E-state index in [1.165, 1.54) is 0 Å². The Morgan fingerprint density at radius 2 is 1.87 bits per heavy atom. The van der Waals surface area contributed by atoms with Crippen LogP contribution < -0.4 is 0 Å². The Morgan fingerprint density at radius 3 is 2.27 bits per heavy atom. The molecule has 4 heteroatoms. The van der Waals surface area contributed by atoms with Gasteiger partial charge in [-0.1, -0.05) is 13.8 Å². The highest BCUT2D eigenvalue weighted by atomic mass is 19.3. The maximum absolute atomic E-state index is 12.9. The maximum Gasteiger partial charge on any atom is 0.374 e. The van der Waals surface area contributed by atoms with Gasteiger partial charge in [0.15, 0.2) is 0 Å². The van der Waals surface area contributed by atoms with Gasteiger partial charge in [-0.3, -0.25) is 0 Å². The molecule has 0 aromatic heterocycles. The zero-order valence-electron chi connectivity index (χ0n) is 9.22. The van der Waals surface area contributed by atoms with E-state index in [4.69, 9.17) is 5.11 Å². The number of hydrogen-bond donors (Lipinski definition) is 1. The standard InChI is InChI=1S/C11H18F2O2/c1-10(2)5-3-8(4-6-10)7-11(12,13)9(14)15/h8H,3-7H2,1-2H3,(H,14,15). The molecule has 1 saturated carbocycles. The molecular weight excluding hydrogens is 202 g/mol. The van der Waals surface area contributed by atoms with Crippen LogP contribution in [0.3, 0.4) is 0 Å². The third-order valence-electron chi connectivity index (χ3n) is 3.32. The molecule has 0 atom stereocenters. The minimum Gasteiger partial charge on any atom is -0.477 e. The first-order chi connectivity index (χ1) is 6.73. The van der Waals surface area contributed by atoms with Crippen LogP contribution in [-0.4, -0.2) is 17.0 Å². The molecule has 0 aromatic rings. The van der Waals surface area contributed by atoms with Gasteiger partial charge < -0.3 is 5.11 Å². The molecule has 0 radical (unpaired) electrons. The molecule has 0 saturated heterocycles. The summed E-state index contributed by atoms with van der Waals surface area (Å²) >= 11 is 0. The van der Waals surface area contributed by atoms with Gasteiger partial charge >= 0.3 is 11.9 Å². The number of rotatable bonds is 3. The second kappa shape index (κ2) is 4.06. The fourth-order valence-electron chi connectivity index (χ4n) is 2.11. The van der Waals surface area contributed by atoms with Gasteiger partial charge in [0.05, 0.1) is 0 Å². The highest BCUT2D eigenvalue weighted by Crippen LogP contribution is 2.41. The van der Waals surface area contributed by atoms with Crippen molar-refractivity contribution in [2.45, 2.75) is 51.9 Å². The van der Waals surface area contributed by atoms with Crippen LogP contribution in [0.25, 0.3) is 0 Å². The van der Waals surface area contributed by atoms with Crippen molar-refractivity contribution in [3.63, 3.8) is 0 Å². The van der Waals surface area contributed by atoms with Crippen molar-refractivity contribution in [3.8, 4) is 0 Å². The molecule has 0 spiro atoms. The Labute approximate surface area is 88.7 Å². The molecule has 0 amide bonds. The molecule has 2 nitrogen and oxygen atoms in total. The Balaban J connectivity index is 2.46. The third-order valence-corrected chi connectivity index (χ3v) is 3.32. The average molecular weight is 220 g/mol. The van der Waals surface area contributed by atoms with Crippen LogP contribution in [0.5, 0.6) is 0 Å². The Morgan fingerprint density at radius 1 is 1.40 bits per heavy atom. The van der Waals surface area contributed by atoms with Crippen molar-refractivity contribution in [1.82, 2.24) is 0 Å². The highest BCUT2D eigenvalue weighted by molar-refractivity contribution is 5.75. The molecular formula is C11H18F2O2. The van der Waals surface area contributed by atoms with E-state index in [1.54, 1.807) is 0 Å². The normalized spacial score (nSPS) is 22.7. The summed E-state index contributed by atoms with van der Waals surface area (Å²) in [6.45, 7) is 4.25. The van der Waals surface area contributed by atoms with Gasteiger partial charge in [-0.15, -0.1) is 0 Å². The largest absolute Gasteiger partial charge is 0.477 e. The number of hydrogen-bond acceptors (Lipinski definition) is 1. The summed E-state index contributed by atoms with van der Waals surface area (Å²) in [6, 6.07) is 0. The van der Waals surface area contributed by atoms with E-state index in [2.05, 4.69) is 13.8 Å². The molecule has 0 heterocycles. The molecule has 1 fully saturated rings. The molecule has 1 N–H and O–H groups in total. The smallest absolute Gasteiger partial charge is 0.374 e. The Kier molecular flexibility index (Phi) is 3.36. The zero-order valence-corrected chi connectivity index (χ0v) is 9.22. The summed E-state index contributed by atoms with van der Waals surface area (Å²) in [5.41, 5.74) is 0.231. The summed E-state index contributed by atoms with van der Waals surface area (Å²) in [5, 5.41) is 8.32. The number of halogens is 2. The van der Waals surface area contributed by atoms with Crippen LogP contribution in [-0.2, 0) is 4.79 Å². The number of alkyl halides is 2. The van der Waals surface area contributed by atoms with Gasteiger partial charge in [0.2, 0.25) is 0 Å². The van der Waals surface area contributed by atoms with Gasteiger partial charge in [-0.05, 0) is 37.0 Å². The van der Waals surface area contributed by atoms with Crippen molar-refractivity contribution in [2.24, 2.45) is 11.3 Å². The predicted octanol–water partition coefficient (Wildman–Crippen LogP) is 3.31. The van der Waals surface area contributed by atoms with E-state index >= 15 is 0 Å². The molecule has 1 rings (SSSR count). The summed E-state index contributed by atoms with van der Waals surface area (Å²) in [4.78, 5) is 10.3. The molecule has 0 bridgehead atoms. The minimum atomic E-state index is -3.55. The van der Waals surface area contributed by atoms with Crippen molar-refractivity contribution in [1.29, 1.82) is 0 Å². The van der Waals surface area contributed by atoms with E-state index in [1.807, 2.05) is 0 Å². The topological polar surface area (TPSA) is 37.3 Å². The van der Waals surface area contributed by atoms with Gasteiger partial charge in [0.1, 0.15) is 0 Å². The van der Waals surface area contributed by atoms with Gasteiger partial charge in [-0.2, -0.15) is 8.78 Å². The quantitative estimate of drug-likeness (QED) is 0.792. The molecule has 88 valence electrons.